The monoisotopic (exact) mass is 374 g/mol. The zero-order valence-electron chi connectivity index (χ0n) is 14.8. The fourth-order valence-electron chi connectivity index (χ4n) is 3.14. The van der Waals surface area contributed by atoms with Gasteiger partial charge in [-0.05, 0) is 23.6 Å². The molecule has 1 aliphatic heterocycles. The Balaban J connectivity index is 1.55. The van der Waals surface area contributed by atoms with Crippen molar-refractivity contribution in [3.8, 4) is 0 Å². The van der Waals surface area contributed by atoms with E-state index in [-0.39, 0.29) is 18.0 Å². The highest BCUT2D eigenvalue weighted by Crippen LogP contribution is 2.31. The maximum absolute atomic E-state index is 13.0. The number of alkyl halides is 3. The fourth-order valence-corrected chi connectivity index (χ4v) is 3.14. The molecule has 0 saturated heterocycles. The number of hydrogen-bond donors (Lipinski definition) is 1. The zero-order chi connectivity index (χ0) is 19.3. The van der Waals surface area contributed by atoms with Gasteiger partial charge in [0, 0.05) is 31.8 Å². The predicted molar refractivity (Wildman–Crippen MR) is 97.7 cm³/mol. The molecule has 27 heavy (non-hydrogen) atoms. The molecule has 0 bridgehead atoms. The number of carbonyl (C=O) groups is 1. The first-order valence-corrected chi connectivity index (χ1v) is 8.82. The first kappa shape index (κ1) is 19.2. The lowest BCUT2D eigenvalue weighted by atomic mass is 10.0. The van der Waals surface area contributed by atoms with E-state index in [9.17, 15) is 18.0 Å². The summed E-state index contributed by atoms with van der Waals surface area (Å²) >= 11 is 0. The number of carbonyl (C=O) groups excluding carboxylic acids is 1. The van der Waals surface area contributed by atoms with Crippen LogP contribution in [0.5, 0.6) is 0 Å². The van der Waals surface area contributed by atoms with Crippen molar-refractivity contribution in [1.82, 2.24) is 10.2 Å². The van der Waals surface area contributed by atoms with Gasteiger partial charge in [0.05, 0.1) is 5.56 Å². The van der Waals surface area contributed by atoms with Gasteiger partial charge in [-0.1, -0.05) is 54.6 Å². The molecule has 1 amide bonds. The second-order valence-electron chi connectivity index (χ2n) is 6.54. The van der Waals surface area contributed by atoms with Crippen molar-refractivity contribution in [2.24, 2.45) is 0 Å². The standard InChI is InChI=1S/C21H21F3N2O/c22-21(23,24)19-9-5-4-8-18(19)14-25-20(27)17-10-12-26(13-11-17)15-16-6-2-1-3-7-16/h1-10H,11-15H2,(H,25,27). The van der Waals surface area contributed by atoms with Crippen LogP contribution in [-0.2, 0) is 24.1 Å². The van der Waals surface area contributed by atoms with E-state index in [1.165, 1.54) is 23.8 Å². The number of nitrogens with one attached hydrogen (secondary N) is 1. The molecule has 0 aromatic heterocycles. The van der Waals surface area contributed by atoms with Crippen molar-refractivity contribution in [3.05, 3.63) is 82.9 Å². The van der Waals surface area contributed by atoms with Gasteiger partial charge in [-0.15, -0.1) is 0 Å². The maximum Gasteiger partial charge on any atom is 0.416 e. The highest BCUT2D eigenvalue weighted by molar-refractivity contribution is 5.93. The van der Waals surface area contributed by atoms with E-state index in [2.05, 4.69) is 22.3 Å². The molecule has 0 spiro atoms. The summed E-state index contributed by atoms with van der Waals surface area (Å²) < 4.78 is 39.1. The van der Waals surface area contributed by atoms with Crippen molar-refractivity contribution in [1.29, 1.82) is 0 Å². The number of halogens is 3. The summed E-state index contributed by atoms with van der Waals surface area (Å²) in [5.74, 6) is -0.300. The van der Waals surface area contributed by atoms with Crippen LogP contribution in [-0.4, -0.2) is 23.9 Å². The smallest absolute Gasteiger partial charge is 0.348 e. The Hall–Kier alpha value is -2.60. The van der Waals surface area contributed by atoms with Crippen molar-refractivity contribution in [3.63, 3.8) is 0 Å². The summed E-state index contributed by atoms with van der Waals surface area (Å²) in [6.07, 6.45) is -1.99. The first-order valence-electron chi connectivity index (χ1n) is 8.82. The number of rotatable bonds is 5. The lowest BCUT2D eigenvalue weighted by Gasteiger charge is -2.26. The van der Waals surface area contributed by atoms with Crippen molar-refractivity contribution in [2.45, 2.75) is 25.7 Å². The topological polar surface area (TPSA) is 32.3 Å². The first-order chi connectivity index (χ1) is 12.9. The largest absolute Gasteiger partial charge is 0.416 e. The second-order valence-corrected chi connectivity index (χ2v) is 6.54. The van der Waals surface area contributed by atoms with Crippen LogP contribution in [0.2, 0.25) is 0 Å². The summed E-state index contributed by atoms with van der Waals surface area (Å²) in [5.41, 5.74) is 1.20. The average Bonchev–Trinajstić information content (AvgIpc) is 2.67. The highest BCUT2D eigenvalue weighted by atomic mass is 19.4. The van der Waals surface area contributed by atoms with Gasteiger partial charge in [0.25, 0.3) is 0 Å². The van der Waals surface area contributed by atoms with Crippen molar-refractivity contribution < 1.29 is 18.0 Å². The minimum Gasteiger partial charge on any atom is -0.348 e. The molecule has 142 valence electrons. The Morgan fingerprint density at radius 2 is 1.74 bits per heavy atom. The molecule has 1 heterocycles. The number of amides is 1. The molecule has 0 atom stereocenters. The maximum atomic E-state index is 13.0. The van der Waals surface area contributed by atoms with E-state index < -0.39 is 11.7 Å². The molecular weight excluding hydrogens is 353 g/mol. The molecule has 2 aromatic rings. The molecule has 6 heteroatoms. The van der Waals surface area contributed by atoms with Crippen LogP contribution in [0.1, 0.15) is 23.1 Å². The van der Waals surface area contributed by atoms with Gasteiger partial charge >= 0.3 is 6.18 Å². The van der Waals surface area contributed by atoms with Crippen LogP contribution in [0.4, 0.5) is 13.2 Å². The van der Waals surface area contributed by atoms with Gasteiger partial charge < -0.3 is 5.32 Å². The van der Waals surface area contributed by atoms with Crippen molar-refractivity contribution >= 4 is 5.91 Å². The van der Waals surface area contributed by atoms with Crippen LogP contribution in [0, 0.1) is 0 Å². The number of benzene rings is 2. The molecule has 0 unspecified atom stereocenters. The van der Waals surface area contributed by atoms with Gasteiger partial charge in [-0.2, -0.15) is 13.2 Å². The van der Waals surface area contributed by atoms with Crippen LogP contribution in [0.15, 0.2) is 66.2 Å². The Morgan fingerprint density at radius 1 is 1.04 bits per heavy atom. The third kappa shape index (κ3) is 5.20. The van der Waals surface area contributed by atoms with Crippen LogP contribution in [0.25, 0.3) is 0 Å². The van der Waals surface area contributed by atoms with Crippen molar-refractivity contribution in [2.75, 3.05) is 13.1 Å². The van der Waals surface area contributed by atoms with E-state index in [4.69, 9.17) is 0 Å². The van der Waals surface area contributed by atoms with Gasteiger partial charge in [0.15, 0.2) is 0 Å². The van der Waals surface area contributed by atoms with E-state index in [1.54, 1.807) is 0 Å². The minimum atomic E-state index is -4.43. The second kappa shape index (κ2) is 8.39. The van der Waals surface area contributed by atoms with Gasteiger partial charge in [0.1, 0.15) is 0 Å². The van der Waals surface area contributed by atoms with Crippen LogP contribution < -0.4 is 5.32 Å². The molecule has 3 rings (SSSR count). The SMILES string of the molecule is O=C(NCc1ccccc1C(F)(F)F)C1=CCN(Cc2ccccc2)CC1. The molecule has 1 aliphatic rings. The highest BCUT2D eigenvalue weighted by Gasteiger charge is 2.32. The molecule has 2 aromatic carbocycles. The number of nitrogens with zero attached hydrogens (tertiary/aromatic N) is 1. The fraction of sp³-hybridized carbons (Fsp3) is 0.286. The summed E-state index contributed by atoms with van der Waals surface area (Å²) in [7, 11) is 0. The average molecular weight is 374 g/mol. The Labute approximate surface area is 156 Å². The Morgan fingerprint density at radius 3 is 2.41 bits per heavy atom. The normalized spacial score (nSPS) is 15.3. The van der Waals surface area contributed by atoms with E-state index in [1.807, 2.05) is 24.3 Å². The van der Waals surface area contributed by atoms with E-state index >= 15 is 0 Å². The lowest BCUT2D eigenvalue weighted by Crippen LogP contribution is -2.33. The minimum absolute atomic E-state index is 0.0699. The molecule has 0 saturated carbocycles. The molecule has 0 aliphatic carbocycles. The number of hydrogen-bond acceptors (Lipinski definition) is 2. The summed E-state index contributed by atoms with van der Waals surface area (Å²) in [6.45, 7) is 2.06. The summed E-state index contributed by atoms with van der Waals surface area (Å²) in [6, 6.07) is 15.4. The Bertz CT molecular complexity index is 816. The van der Waals surface area contributed by atoms with Crippen LogP contribution in [0.3, 0.4) is 0 Å². The molecule has 1 N–H and O–H groups in total. The Kier molecular flexibility index (Phi) is 5.96. The predicted octanol–water partition coefficient (Wildman–Crippen LogP) is 4.15. The third-order valence-corrected chi connectivity index (χ3v) is 4.60. The summed E-state index contributed by atoms with van der Waals surface area (Å²) in [4.78, 5) is 14.5. The van der Waals surface area contributed by atoms with Gasteiger partial charge in [-0.3, -0.25) is 9.69 Å². The molecular formula is C21H21F3N2O. The van der Waals surface area contributed by atoms with Gasteiger partial charge in [0.2, 0.25) is 5.91 Å². The van der Waals surface area contributed by atoms with Crippen LogP contribution >= 0.6 is 0 Å². The van der Waals surface area contributed by atoms with Gasteiger partial charge in [-0.25, -0.2) is 0 Å². The quantitative estimate of drug-likeness (QED) is 0.853. The molecule has 0 fully saturated rings. The summed E-state index contributed by atoms with van der Waals surface area (Å²) in [5, 5.41) is 2.62. The third-order valence-electron chi connectivity index (χ3n) is 4.60. The molecule has 3 nitrogen and oxygen atoms in total. The zero-order valence-corrected chi connectivity index (χ0v) is 14.8. The lowest BCUT2D eigenvalue weighted by molar-refractivity contribution is -0.138. The van der Waals surface area contributed by atoms with E-state index in [0.717, 1.165) is 19.2 Å². The molecule has 0 radical (unpaired) electrons. The van der Waals surface area contributed by atoms with E-state index in [0.29, 0.717) is 18.5 Å².